The number of urea groups is 1. The molecule has 0 saturated carbocycles. The lowest BCUT2D eigenvalue weighted by atomic mass is 10.1. The Balaban J connectivity index is 2.14. The molecule has 0 aliphatic rings. The summed E-state index contributed by atoms with van der Waals surface area (Å²) >= 11 is 9.20. The molecule has 5 N–H and O–H groups in total. The van der Waals surface area contributed by atoms with Crippen molar-refractivity contribution in [2.45, 2.75) is 0 Å². The Labute approximate surface area is 140 Å². The van der Waals surface area contributed by atoms with Crippen molar-refractivity contribution in [2.75, 3.05) is 10.6 Å². The second kappa shape index (κ2) is 7.26. The molecule has 6 nitrogen and oxygen atoms in total. The highest BCUT2D eigenvalue weighted by Gasteiger charge is 2.12. The number of amides is 3. The van der Waals surface area contributed by atoms with Crippen LogP contribution < -0.4 is 21.9 Å². The van der Waals surface area contributed by atoms with Crippen molar-refractivity contribution >= 4 is 50.8 Å². The van der Waals surface area contributed by atoms with Crippen LogP contribution in [0.25, 0.3) is 0 Å². The summed E-state index contributed by atoms with van der Waals surface area (Å²) in [6, 6.07) is 11.0. The number of nitrogen functional groups attached to an aromatic ring is 1. The Bertz CT molecular complexity index is 703. The predicted molar refractivity (Wildman–Crippen MR) is 89.9 cm³/mol. The van der Waals surface area contributed by atoms with E-state index in [9.17, 15) is 9.59 Å². The molecule has 0 saturated heterocycles. The number of para-hydroxylation sites is 1. The molecule has 0 unspecified atom stereocenters. The number of benzene rings is 2. The lowest BCUT2D eigenvalue weighted by Gasteiger charge is -2.11. The molecule has 0 fully saturated rings. The van der Waals surface area contributed by atoms with Crippen LogP contribution in [0.2, 0.25) is 5.02 Å². The molecule has 0 heterocycles. The number of carbonyl (C=O) groups is 2. The van der Waals surface area contributed by atoms with Crippen molar-refractivity contribution in [3.05, 3.63) is 57.5 Å². The van der Waals surface area contributed by atoms with Crippen molar-refractivity contribution in [1.29, 1.82) is 0 Å². The summed E-state index contributed by atoms with van der Waals surface area (Å²) in [7, 11) is 0. The highest BCUT2D eigenvalue weighted by atomic mass is 79.9. The molecule has 8 heteroatoms. The second-order valence-corrected chi connectivity index (χ2v) is 5.61. The summed E-state index contributed by atoms with van der Waals surface area (Å²) in [6.45, 7) is 0. The van der Waals surface area contributed by atoms with Gasteiger partial charge in [-0.1, -0.05) is 39.7 Å². The van der Waals surface area contributed by atoms with Gasteiger partial charge in [0.15, 0.2) is 0 Å². The first-order valence-corrected chi connectivity index (χ1v) is 7.31. The fourth-order valence-corrected chi connectivity index (χ4v) is 2.64. The third-order valence-electron chi connectivity index (χ3n) is 2.67. The lowest BCUT2D eigenvalue weighted by Crippen LogP contribution is -2.31. The molecule has 0 radical (unpaired) electrons. The zero-order valence-corrected chi connectivity index (χ0v) is 13.5. The zero-order valence-electron chi connectivity index (χ0n) is 11.2. The second-order valence-electron chi connectivity index (χ2n) is 4.26. The number of hydrogen-bond donors (Lipinski definition) is 4. The molecular formula is C14H12BrClN4O2. The van der Waals surface area contributed by atoms with Crippen molar-refractivity contribution in [1.82, 2.24) is 5.43 Å². The maximum absolute atomic E-state index is 12.0. The van der Waals surface area contributed by atoms with Crippen LogP contribution in [0.1, 0.15) is 10.4 Å². The van der Waals surface area contributed by atoms with Gasteiger partial charge in [-0.15, -0.1) is 0 Å². The number of nitrogens with two attached hydrogens (primary N) is 1. The number of rotatable bonds is 3. The van der Waals surface area contributed by atoms with E-state index in [0.717, 1.165) is 4.47 Å². The van der Waals surface area contributed by atoms with Crippen molar-refractivity contribution in [2.24, 2.45) is 5.84 Å². The van der Waals surface area contributed by atoms with E-state index in [4.69, 9.17) is 17.4 Å². The van der Waals surface area contributed by atoms with Crippen LogP contribution in [-0.4, -0.2) is 11.9 Å². The Morgan fingerprint density at radius 3 is 2.50 bits per heavy atom. The first-order valence-electron chi connectivity index (χ1n) is 6.13. The van der Waals surface area contributed by atoms with E-state index in [1.165, 1.54) is 0 Å². The highest BCUT2D eigenvalue weighted by molar-refractivity contribution is 9.10. The van der Waals surface area contributed by atoms with Crippen LogP contribution in [0.3, 0.4) is 0 Å². The smallest absolute Gasteiger partial charge is 0.308 e. The largest absolute Gasteiger partial charge is 0.323 e. The lowest BCUT2D eigenvalue weighted by molar-refractivity contribution is 0.0954. The van der Waals surface area contributed by atoms with Gasteiger partial charge in [0.05, 0.1) is 11.3 Å². The molecular weight excluding hydrogens is 372 g/mol. The molecule has 0 aromatic heterocycles. The van der Waals surface area contributed by atoms with E-state index in [-0.39, 0.29) is 5.56 Å². The third kappa shape index (κ3) is 4.20. The Hall–Kier alpha value is -2.09. The van der Waals surface area contributed by atoms with Crippen molar-refractivity contribution < 1.29 is 9.59 Å². The number of anilines is 2. The van der Waals surface area contributed by atoms with Gasteiger partial charge in [0, 0.05) is 15.2 Å². The topological polar surface area (TPSA) is 96.2 Å². The van der Waals surface area contributed by atoms with E-state index in [0.29, 0.717) is 16.4 Å². The Morgan fingerprint density at radius 2 is 1.82 bits per heavy atom. The molecule has 114 valence electrons. The van der Waals surface area contributed by atoms with Crippen LogP contribution in [0.5, 0.6) is 0 Å². The van der Waals surface area contributed by atoms with Gasteiger partial charge in [-0.05, 0) is 30.3 Å². The van der Waals surface area contributed by atoms with E-state index in [2.05, 4.69) is 26.6 Å². The number of hydrogen-bond acceptors (Lipinski definition) is 3. The van der Waals surface area contributed by atoms with Gasteiger partial charge in [0.25, 0.3) is 5.91 Å². The molecule has 0 aliphatic carbocycles. The summed E-state index contributed by atoms with van der Waals surface area (Å²) in [4.78, 5) is 23.7. The maximum Gasteiger partial charge on any atom is 0.323 e. The highest BCUT2D eigenvalue weighted by Crippen LogP contribution is 2.23. The quantitative estimate of drug-likeness (QED) is 0.372. The summed E-state index contributed by atoms with van der Waals surface area (Å²) < 4.78 is 0.734. The third-order valence-corrected chi connectivity index (χ3v) is 3.35. The SMILES string of the molecule is NNC(=O)c1ccccc1NC(=O)Nc1cc(Cl)cc(Br)c1. The van der Waals surface area contributed by atoms with Crippen molar-refractivity contribution in [3.63, 3.8) is 0 Å². The molecule has 0 spiro atoms. The molecule has 3 amide bonds. The van der Waals surface area contributed by atoms with Crippen LogP contribution in [0.15, 0.2) is 46.9 Å². The minimum Gasteiger partial charge on any atom is -0.308 e. The van der Waals surface area contributed by atoms with E-state index in [1.54, 1.807) is 42.5 Å². The molecule has 0 atom stereocenters. The Kier molecular flexibility index (Phi) is 5.37. The van der Waals surface area contributed by atoms with E-state index in [1.807, 2.05) is 5.43 Å². The van der Waals surface area contributed by atoms with Crippen LogP contribution in [-0.2, 0) is 0 Å². The van der Waals surface area contributed by atoms with E-state index < -0.39 is 11.9 Å². The summed E-state index contributed by atoms with van der Waals surface area (Å²) in [6.07, 6.45) is 0. The monoisotopic (exact) mass is 382 g/mol. The van der Waals surface area contributed by atoms with Gasteiger partial charge < -0.3 is 10.6 Å². The first-order chi connectivity index (χ1) is 10.5. The van der Waals surface area contributed by atoms with Gasteiger partial charge in [0.1, 0.15) is 0 Å². The van der Waals surface area contributed by atoms with Crippen LogP contribution in [0.4, 0.5) is 16.2 Å². The summed E-state index contributed by atoms with van der Waals surface area (Å²) in [5, 5.41) is 5.70. The summed E-state index contributed by atoms with van der Waals surface area (Å²) in [5.74, 6) is 4.61. The van der Waals surface area contributed by atoms with Gasteiger partial charge >= 0.3 is 6.03 Å². The molecule has 2 rings (SSSR count). The predicted octanol–water partition coefficient (Wildman–Crippen LogP) is 3.35. The Morgan fingerprint density at radius 1 is 1.09 bits per heavy atom. The van der Waals surface area contributed by atoms with Gasteiger partial charge in [-0.3, -0.25) is 10.2 Å². The number of hydrazine groups is 1. The molecule has 22 heavy (non-hydrogen) atoms. The average molecular weight is 384 g/mol. The van der Waals surface area contributed by atoms with E-state index >= 15 is 0 Å². The minimum atomic E-state index is -0.508. The minimum absolute atomic E-state index is 0.257. The average Bonchev–Trinajstić information content (AvgIpc) is 2.45. The molecule has 2 aromatic carbocycles. The van der Waals surface area contributed by atoms with Gasteiger partial charge in [-0.25, -0.2) is 10.6 Å². The number of carbonyl (C=O) groups excluding carboxylic acids is 2. The number of nitrogens with one attached hydrogen (secondary N) is 3. The standard InChI is InChI=1S/C14H12BrClN4O2/c15-8-5-9(16)7-10(6-8)18-14(22)19-12-4-2-1-3-11(12)13(21)20-17/h1-7H,17H2,(H,20,21)(H2,18,19,22). The zero-order chi connectivity index (χ0) is 16.1. The van der Waals surface area contributed by atoms with Crippen LogP contribution in [0, 0.1) is 0 Å². The van der Waals surface area contributed by atoms with Gasteiger partial charge in [0.2, 0.25) is 0 Å². The van der Waals surface area contributed by atoms with Crippen molar-refractivity contribution in [3.8, 4) is 0 Å². The fraction of sp³-hybridized carbons (Fsp3) is 0. The van der Waals surface area contributed by atoms with Gasteiger partial charge in [-0.2, -0.15) is 0 Å². The number of halogens is 2. The fourth-order valence-electron chi connectivity index (χ4n) is 1.78. The maximum atomic E-state index is 12.0. The molecule has 0 aliphatic heterocycles. The molecule has 0 bridgehead atoms. The first kappa shape index (κ1) is 16.3. The normalized spacial score (nSPS) is 9.95. The van der Waals surface area contributed by atoms with Crippen LogP contribution >= 0.6 is 27.5 Å². The molecule has 2 aromatic rings. The summed E-state index contributed by atoms with van der Waals surface area (Å²) in [5.41, 5.74) is 3.13.